The van der Waals surface area contributed by atoms with Gasteiger partial charge in [0.25, 0.3) is 0 Å². The van der Waals surface area contributed by atoms with E-state index in [-0.39, 0.29) is 5.91 Å². The zero-order chi connectivity index (χ0) is 16.4. The largest absolute Gasteiger partial charge is 0.380 e. The second-order valence-electron chi connectivity index (χ2n) is 6.51. The van der Waals surface area contributed by atoms with Crippen LogP contribution in [-0.4, -0.2) is 31.7 Å². The highest BCUT2D eigenvalue weighted by Crippen LogP contribution is 2.32. The second-order valence-corrected chi connectivity index (χ2v) is 6.51. The first-order valence-electron chi connectivity index (χ1n) is 8.61. The van der Waals surface area contributed by atoms with E-state index in [1.54, 1.807) is 0 Å². The van der Waals surface area contributed by atoms with Crippen LogP contribution >= 0.6 is 0 Å². The summed E-state index contributed by atoms with van der Waals surface area (Å²) in [5.74, 6) is 0.168. The van der Waals surface area contributed by atoms with Crippen LogP contribution in [0.2, 0.25) is 0 Å². The van der Waals surface area contributed by atoms with Crippen molar-refractivity contribution >= 4 is 17.3 Å². The topological polar surface area (TPSA) is 41.6 Å². The van der Waals surface area contributed by atoms with E-state index in [2.05, 4.69) is 23.5 Å². The number of anilines is 2. The summed E-state index contributed by atoms with van der Waals surface area (Å²) in [6.45, 7) is 2.36. The fourth-order valence-corrected chi connectivity index (χ4v) is 3.48. The lowest BCUT2D eigenvalue weighted by Gasteiger charge is -2.19. The Morgan fingerprint density at radius 1 is 1.21 bits per heavy atom. The number of rotatable bonds is 4. The van der Waals surface area contributed by atoms with E-state index < -0.39 is 0 Å². The number of carbonyl (C=O) groups excluding carboxylic acids is 1. The fourth-order valence-electron chi connectivity index (χ4n) is 3.48. The maximum atomic E-state index is 12.7. The zero-order valence-electron chi connectivity index (χ0n) is 13.7. The molecule has 0 spiro atoms. The molecule has 1 atom stereocenters. The minimum atomic E-state index is 0.168. The first kappa shape index (κ1) is 15.2. The molecule has 0 bridgehead atoms. The lowest BCUT2D eigenvalue weighted by atomic mass is 10.1. The number of hydrogen-bond acceptors (Lipinski definition) is 3. The summed E-state index contributed by atoms with van der Waals surface area (Å²) in [5, 5.41) is 3.52. The number of nitrogens with zero attached hydrogens (tertiary/aromatic N) is 1. The van der Waals surface area contributed by atoms with Crippen LogP contribution in [-0.2, 0) is 22.4 Å². The molecule has 124 valence electrons. The van der Waals surface area contributed by atoms with E-state index in [4.69, 9.17) is 4.74 Å². The van der Waals surface area contributed by atoms with Crippen LogP contribution in [0.5, 0.6) is 0 Å². The van der Waals surface area contributed by atoms with E-state index in [1.165, 1.54) is 5.56 Å². The molecule has 1 N–H and O–H groups in total. The molecule has 2 aromatic rings. The summed E-state index contributed by atoms with van der Waals surface area (Å²) in [7, 11) is 0. The maximum absolute atomic E-state index is 12.7. The van der Waals surface area contributed by atoms with E-state index in [0.717, 1.165) is 49.5 Å². The summed E-state index contributed by atoms with van der Waals surface area (Å²) >= 11 is 0. The van der Waals surface area contributed by atoms with Crippen LogP contribution in [0.1, 0.15) is 17.5 Å². The van der Waals surface area contributed by atoms with Crippen molar-refractivity contribution in [3.05, 3.63) is 59.7 Å². The molecule has 2 aliphatic heterocycles. The van der Waals surface area contributed by atoms with Gasteiger partial charge in [0, 0.05) is 24.5 Å². The second kappa shape index (κ2) is 6.65. The minimum absolute atomic E-state index is 0.168. The van der Waals surface area contributed by atoms with Crippen molar-refractivity contribution in [1.82, 2.24) is 0 Å². The third-order valence-electron chi connectivity index (χ3n) is 4.78. The lowest BCUT2D eigenvalue weighted by molar-refractivity contribution is -0.117. The summed E-state index contributed by atoms with van der Waals surface area (Å²) in [6, 6.07) is 16.7. The van der Waals surface area contributed by atoms with Crippen molar-refractivity contribution in [1.29, 1.82) is 0 Å². The maximum Gasteiger partial charge on any atom is 0.231 e. The van der Waals surface area contributed by atoms with Gasteiger partial charge in [-0.3, -0.25) is 4.79 Å². The van der Waals surface area contributed by atoms with E-state index in [9.17, 15) is 4.79 Å². The first-order valence-corrected chi connectivity index (χ1v) is 8.61. The van der Waals surface area contributed by atoms with Gasteiger partial charge in [-0.1, -0.05) is 36.4 Å². The van der Waals surface area contributed by atoms with Crippen LogP contribution < -0.4 is 10.2 Å². The predicted octanol–water partition coefficient (Wildman–Crippen LogP) is 3.02. The molecule has 0 radical (unpaired) electrons. The van der Waals surface area contributed by atoms with Gasteiger partial charge in [-0.15, -0.1) is 0 Å². The van der Waals surface area contributed by atoms with Crippen LogP contribution in [0.3, 0.4) is 0 Å². The number of amides is 1. The number of ether oxygens (including phenoxy) is 1. The number of nitrogens with one attached hydrogen (secondary N) is 1. The number of fused-ring (bicyclic) bond motifs is 1. The molecular weight excluding hydrogens is 300 g/mol. The Kier molecular flexibility index (Phi) is 4.22. The molecule has 24 heavy (non-hydrogen) atoms. The Morgan fingerprint density at radius 3 is 2.88 bits per heavy atom. The van der Waals surface area contributed by atoms with Gasteiger partial charge < -0.3 is 15.0 Å². The Labute approximate surface area is 142 Å². The number of hydrogen-bond donors (Lipinski definition) is 1. The van der Waals surface area contributed by atoms with E-state index in [0.29, 0.717) is 12.5 Å². The highest BCUT2D eigenvalue weighted by Gasteiger charge is 2.25. The molecule has 2 aliphatic rings. The summed E-state index contributed by atoms with van der Waals surface area (Å²) in [4.78, 5) is 14.6. The Bertz CT molecular complexity index is 724. The molecule has 0 aromatic heterocycles. The average molecular weight is 322 g/mol. The molecule has 4 heteroatoms. The summed E-state index contributed by atoms with van der Waals surface area (Å²) in [5.41, 5.74) is 4.45. The molecule has 2 aromatic carbocycles. The van der Waals surface area contributed by atoms with Crippen molar-refractivity contribution < 1.29 is 9.53 Å². The number of benzene rings is 2. The van der Waals surface area contributed by atoms with Gasteiger partial charge in [-0.25, -0.2) is 0 Å². The van der Waals surface area contributed by atoms with Gasteiger partial charge in [0.15, 0.2) is 0 Å². The smallest absolute Gasteiger partial charge is 0.231 e. The quantitative estimate of drug-likeness (QED) is 0.941. The van der Waals surface area contributed by atoms with Crippen LogP contribution in [0.4, 0.5) is 11.4 Å². The van der Waals surface area contributed by atoms with E-state index in [1.807, 2.05) is 35.2 Å². The van der Waals surface area contributed by atoms with Gasteiger partial charge in [0.1, 0.15) is 0 Å². The highest BCUT2D eigenvalue weighted by atomic mass is 16.5. The summed E-state index contributed by atoms with van der Waals surface area (Å²) < 4.78 is 5.42. The van der Waals surface area contributed by atoms with Crippen molar-refractivity contribution in [3.63, 3.8) is 0 Å². The minimum Gasteiger partial charge on any atom is -0.380 e. The Hall–Kier alpha value is -2.33. The third-order valence-corrected chi connectivity index (χ3v) is 4.78. The third kappa shape index (κ3) is 3.15. The molecule has 1 unspecified atom stereocenters. The molecule has 1 saturated heterocycles. The first-order chi connectivity index (χ1) is 11.8. The highest BCUT2D eigenvalue weighted by molar-refractivity contribution is 5.97. The molecular formula is C20H22N2O2. The summed E-state index contributed by atoms with van der Waals surface area (Å²) in [6.07, 6.45) is 2.42. The van der Waals surface area contributed by atoms with E-state index >= 15 is 0 Å². The van der Waals surface area contributed by atoms with Crippen molar-refractivity contribution in [2.45, 2.75) is 25.3 Å². The van der Waals surface area contributed by atoms with Crippen LogP contribution in [0.15, 0.2) is 48.5 Å². The number of carbonyl (C=O) groups is 1. The standard InChI is InChI=1S/C20H22N2O2/c23-20(12-15-4-2-1-3-5-15)22-10-8-16-6-7-17(13-19(16)22)21-18-9-11-24-14-18/h1-7,13,18,21H,8-12,14H2. The Morgan fingerprint density at radius 2 is 2.08 bits per heavy atom. The lowest BCUT2D eigenvalue weighted by Crippen LogP contribution is -2.30. The molecule has 0 saturated carbocycles. The van der Waals surface area contributed by atoms with Gasteiger partial charge in [-0.2, -0.15) is 0 Å². The monoisotopic (exact) mass is 322 g/mol. The molecule has 2 heterocycles. The van der Waals surface area contributed by atoms with Crippen molar-refractivity contribution in [3.8, 4) is 0 Å². The fraction of sp³-hybridized carbons (Fsp3) is 0.350. The van der Waals surface area contributed by atoms with Gasteiger partial charge >= 0.3 is 0 Å². The predicted molar refractivity (Wildman–Crippen MR) is 95.5 cm³/mol. The van der Waals surface area contributed by atoms with Crippen LogP contribution in [0.25, 0.3) is 0 Å². The Balaban J connectivity index is 1.50. The van der Waals surface area contributed by atoms with Gasteiger partial charge in [-0.05, 0) is 36.1 Å². The molecule has 4 nitrogen and oxygen atoms in total. The molecule has 4 rings (SSSR count). The van der Waals surface area contributed by atoms with Crippen molar-refractivity contribution in [2.24, 2.45) is 0 Å². The average Bonchev–Trinajstić information content (AvgIpc) is 3.25. The molecule has 1 fully saturated rings. The molecule has 1 amide bonds. The normalized spacial score (nSPS) is 19.3. The van der Waals surface area contributed by atoms with Crippen molar-refractivity contribution in [2.75, 3.05) is 30.0 Å². The molecule has 0 aliphatic carbocycles. The van der Waals surface area contributed by atoms with Crippen LogP contribution in [0, 0.1) is 0 Å². The van der Waals surface area contributed by atoms with Gasteiger partial charge in [0.05, 0.1) is 19.1 Å². The SMILES string of the molecule is O=C(Cc1ccccc1)N1CCc2ccc(NC3CCOC3)cc21. The van der Waals surface area contributed by atoms with Gasteiger partial charge in [0.2, 0.25) is 5.91 Å². The zero-order valence-corrected chi connectivity index (χ0v) is 13.7.